The molecule has 1 aromatic rings. The molecule has 0 bridgehead atoms. The molecule has 0 heterocycles. The van der Waals surface area contributed by atoms with Crippen LogP contribution in [-0.2, 0) is 6.42 Å². The Morgan fingerprint density at radius 2 is 2.08 bits per heavy atom. The Bertz CT molecular complexity index is 274. The van der Waals surface area contributed by atoms with E-state index >= 15 is 0 Å². The second-order valence-electron chi connectivity index (χ2n) is 2.74. The van der Waals surface area contributed by atoms with E-state index in [2.05, 4.69) is 5.32 Å². The Kier molecular flexibility index (Phi) is 3.49. The molecule has 1 rings (SSSR count). The third-order valence-corrected chi connectivity index (χ3v) is 1.63. The molecule has 0 spiro atoms. The average Bonchev–Trinajstić information content (AvgIpc) is 2.02. The molecule has 1 atom stereocenters. The summed E-state index contributed by atoms with van der Waals surface area (Å²) in [7, 11) is 0. The molecule has 0 aliphatic rings. The van der Waals surface area contributed by atoms with Crippen LogP contribution in [0.5, 0.6) is 0 Å². The molecule has 0 saturated carbocycles. The van der Waals surface area contributed by atoms with Gasteiger partial charge in [-0.05, 0) is 25.9 Å². The maximum atomic E-state index is 7.05. The number of rotatable bonds is 3. The highest BCUT2D eigenvalue weighted by Gasteiger charge is 1.97. The number of nitrogens with one attached hydrogen (secondary N) is 1. The van der Waals surface area contributed by atoms with Crippen molar-refractivity contribution in [2.45, 2.75) is 19.4 Å². The minimum absolute atomic E-state index is 0. The van der Waals surface area contributed by atoms with Crippen molar-refractivity contribution in [2.24, 2.45) is 0 Å². The Balaban J connectivity index is 0.00000196. The molecule has 0 saturated heterocycles. The third kappa shape index (κ3) is 3.74. The van der Waals surface area contributed by atoms with Crippen molar-refractivity contribution >= 4 is 12.4 Å². The molecular formula is C10H16ClN. The maximum absolute atomic E-state index is 7.05. The Morgan fingerprint density at radius 3 is 2.67 bits per heavy atom. The highest BCUT2D eigenvalue weighted by molar-refractivity contribution is 5.85. The molecule has 12 heavy (non-hydrogen) atoms. The van der Waals surface area contributed by atoms with E-state index in [1.54, 1.807) is 0 Å². The average molecular weight is 189 g/mol. The normalized spacial score (nSPS) is 16.6. The first-order valence-electron chi connectivity index (χ1n) is 5.29. The van der Waals surface area contributed by atoms with Gasteiger partial charge in [0.25, 0.3) is 0 Å². The molecular weight excluding hydrogens is 170 g/mol. The van der Waals surface area contributed by atoms with E-state index < -0.39 is 6.98 Å². The summed E-state index contributed by atoms with van der Waals surface area (Å²) in [6, 6.07) is 9.82. The van der Waals surface area contributed by atoms with Gasteiger partial charge in [0.15, 0.2) is 0 Å². The van der Waals surface area contributed by atoms with E-state index in [9.17, 15) is 0 Å². The number of benzene rings is 1. The first-order chi connectivity index (χ1) is 6.47. The Morgan fingerprint density at radius 1 is 1.42 bits per heavy atom. The lowest BCUT2D eigenvalue weighted by atomic mass is 10.1. The highest BCUT2D eigenvalue weighted by Crippen LogP contribution is 2.01. The van der Waals surface area contributed by atoms with Crippen LogP contribution >= 0.6 is 12.4 Å². The van der Waals surface area contributed by atoms with Gasteiger partial charge in [0.05, 0.1) is 0 Å². The van der Waals surface area contributed by atoms with Crippen LogP contribution in [0.1, 0.15) is 16.6 Å². The van der Waals surface area contributed by atoms with Crippen LogP contribution in [0.4, 0.5) is 0 Å². The minimum atomic E-state index is -2.05. The summed E-state index contributed by atoms with van der Waals surface area (Å²) in [5, 5.41) is 2.57. The van der Waals surface area contributed by atoms with Gasteiger partial charge in [-0.3, -0.25) is 0 Å². The quantitative estimate of drug-likeness (QED) is 0.768. The number of likely N-dealkylation sites (N-methyl/N-ethyl adjacent to an activating group) is 1. The van der Waals surface area contributed by atoms with E-state index in [4.69, 9.17) is 4.11 Å². The van der Waals surface area contributed by atoms with Crippen molar-refractivity contribution < 1.29 is 4.11 Å². The van der Waals surface area contributed by atoms with Crippen LogP contribution in [0.2, 0.25) is 0 Å². The summed E-state index contributed by atoms with van der Waals surface area (Å²) in [5.41, 5.74) is 1.15. The van der Waals surface area contributed by atoms with Crippen LogP contribution in [-0.4, -0.2) is 13.0 Å². The number of halogens is 1. The molecule has 68 valence electrons. The SMILES string of the molecule is Cl.[2H]C([2H])([2H])NC(C)Cc1ccccc1. The molecule has 1 aromatic carbocycles. The zero-order chi connectivity index (χ0) is 10.6. The van der Waals surface area contributed by atoms with Gasteiger partial charge in [-0.15, -0.1) is 12.4 Å². The van der Waals surface area contributed by atoms with E-state index in [0.717, 1.165) is 12.0 Å². The predicted molar refractivity (Wildman–Crippen MR) is 55.9 cm³/mol. The van der Waals surface area contributed by atoms with E-state index in [1.165, 1.54) is 0 Å². The van der Waals surface area contributed by atoms with Crippen LogP contribution < -0.4 is 5.32 Å². The first-order valence-corrected chi connectivity index (χ1v) is 3.79. The van der Waals surface area contributed by atoms with Crippen molar-refractivity contribution in [1.82, 2.24) is 5.32 Å². The summed E-state index contributed by atoms with van der Waals surface area (Å²) in [4.78, 5) is 0. The van der Waals surface area contributed by atoms with Crippen LogP contribution in [0.3, 0.4) is 0 Å². The van der Waals surface area contributed by atoms with E-state index in [1.807, 2.05) is 37.3 Å². The van der Waals surface area contributed by atoms with Gasteiger partial charge in [-0.2, -0.15) is 0 Å². The lowest BCUT2D eigenvalue weighted by Gasteiger charge is -2.08. The highest BCUT2D eigenvalue weighted by atomic mass is 35.5. The monoisotopic (exact) mass is 188 g/mol. The molecule has 1 N–H and O–H groups in total. The van der Waals surface area contributed by atoms with Gasteiger partial charge < -0.3 is 5.32 Å². The van der Waals surface area contributed by atoms with Gasteiger partial charge in [0.2, 0.25) is 0 Å². The van der Waals surface area contributed by atoms with Gasteiger partial charge in [-0.1, -0.05) is 30.3 Å². The van der Waals surface area contributed by atoms with Gasteiger partial charge in [0.1, 0.15) is 0 Å². The molecule has 1 unspecified atom stereocenters. The minimum Gasteiger partial charge on any atom is -0.317 e. The molecule has 0 radical (unpaired) electrons. The molecule has 0 aromatic heterocycles. The molecule has 0 fully saturated rings. The smallest absolute Gasteiger partial charge is 0.0391 e. The fourth-order valence-corrected chi connectivity index (χ4v) is 1.02. The predicted octanol–water partition coefficient (Wildman–Crippen LogP) is 2.26. The van der Waals surface area contributed by atoms with E-state index in [0.29, 0.717) is 0 Å². The van der Waals surface area contributed by atoms with Crippen molar-refractivity contribution in [1.29, 1.82) is 0 Å². The summed E-state index contributed by atoms with van der Waals surface area (Å²) >= 11 is 0. The van der Waals surface area contributed by atoms with E-state index in [-0.39, 0.29) is 18.4 Å². The topological polar surface area (TPSA) is 12.0 Å². The zero-order valence-electron chi connectivity index (χ0n) is 10.1. The summed E-state index contributed by atoms with van der Waals surface area (Å²) in [6.45, 7) is -0.173. The summed E-state index contributed by atoms with van der Waals surface area (Å²) in [5.74, 6) is 0. The standard InChI is InChI=1S/C10H15N.ClH/c1-9(11-2)8-10-6-4-3-5-7-10;/h3-7,9,11H,8H2,1-2H3;1H/i2D3;. The lowest BCUT2D eigenvalue weighted by Crippen LogP contribution is -2.23. The summed E-state index contributed by atoms with van der Waals surface area (Å²) in [6.07, 6.45) is 0.735. The molecule has 0 amide bonds. The zero-order valence-corrected chi connectivity index (χ0v) is 7.90. The van der Waals surface area contributed by atoms with Crippen molar-refractivity contribution in [3.8, 4) is 0 Å². The Labute approximate surface area is 84.8 Å². The second-order valence-corrected chi connectivity index (χ2v) is 2.74. The maximum Gasteiger partial charge on any atom is 0.0391 e. The van der Waals surface area contributed by atoms with Crippen molar-refractivity contribution in [2.75, 3.05) is 6.98 Å². The number of hydrogen-bond acceptors (Lipinski definition) is 1. The van der Waals surface area contributed by atoms with Gasteiger partial charge in [-0.25, -0.2) is 0 Å². The van der Waals surface area contributed by atoms with Gasteiger partial charge >= 0.3 is 0 Å². The molecule has 0 aliphatic heterocycles. The molecule has 0 aliphatic carbocycles. The Hall–Kier alpha value is -0.530. The largest absolute Gasteiger partial charge is 0.317 e. The fraction of sp³-hybridized carbons (Fsp3) is 0.400. The van der Waals surface area contributed by atoms with Crippen LogP contribution in [0.25, 0.3) is 0 Å². The molecule has 1 nitrogen and oxygen atoms in total. The second kappa shape index (κ2) is 6.04. The van der Waals surface area contributed by atoms with Gasteiger partial charge in [0, 0.05) is 10.2 Å². The lowest BCUT2D eigenvalue weighted by molar-refractivity contribution is 0.608. The van der Waals surface area contributed by atoms with Crippen LogP contribution in [0, 0.1) is 0 Å². The number of hydrogen-bond donors (Lipinski definition) is 1. The fourth-order valence-electron chi connectivity index (χ4n) is 1.02. The third-order valence-electron chi connectivity index (χ3n) is 1.63. The van der Waals surface area contributed by atoms with Crippen LogP contribution in [0.15, 0.2) is 30.3 Å². The van der Waals surface area contributed by atoms with Crippen molar-refractivity contribution in [3.63, 3.8) is 0 Å². The van der Waals surface area contributed by atoms with Crippen molar-refractivity contribution in [3.05, 3.63) is 35.9 Å². The summed E-state index contributed by atoms with van der Waals surface area (Å²) < 4.78 is 21.2. The first kappa shape index (κ1) is 6.93. The molecule has 2 heteroatoms.